The molecule has 2 atom stereocenters. The highest BCUT2D eigenvalue weighted by atomic mass is 16.2. The first-order chi connectivity index (χ1) is 11.6. The quantitative estimate of drug-likeness (QED) is 0.938. The second kappa shape index (κ2) is 7.43. The van der Waals surface area contributed by atoms with Crippen LogP contribution >= 0.6 is 0 Å². The van der Waals surface area contributed by atoms with E-state index in [9.17, 15) is 9.59 Å². The van der Waals surface area contributed by atoms with Gasteiger partial charge in [-0.15, -0.1) is 0 Å². The number of hydrogen-bond donors (Lipinski definition) is 1. The molecular weight excluding hydrogens is 302 g/mol. The molecule has 5 heteroatoms. The molecule has 1 aliphatic rings. The fourth-order valence-corrected chi connectivity index (χ4v) is 3.42. The Morgan fingerprint density at radius 1 is 1.17 bits per heavy atom. The van der Waals surface area contributed by atoms with E-state index in [0.717, 1.165) is 25.7 Å². The third kappa shape index (κ3) is 3.91. The Balaban J connectivity index is 1.70. The fraction of sp³-hybridized carbons (Fsp3) is 0.421. The molecule has 0 spiro atoms. The van der Waals surface area contributed by atoms with Crippen molar-refractivity contribution < 1.29 is 4.79 Å². The lowest BCUT2D eigenvalue weighted by Crippen LogP contribution is -2.43. The van der Waals surface area contributed by atoms with E-state index < -0.39 is 0 Å². The van der Waals surface area contributed by atoms with Crippen molar-refractivity contribution in [3.63, 3.8) is 0 Å². The summed E-state index contributed by atoms with van der Waals surface area (Å²) < 4.78 is 1.19. The van der Waals surface area contributed by atoms with Crippen LogP contribution in [-0.2, 0) is 13.5 Å². The predicted molar refractivity (Wildman–Crippen MR) is 92.8 cm³/mol. The van der Waals surface area contributed by atoms with Gasteiger partial charge in [0.15, 0.2) is 0 Å². The van der Waals surface area contributed by atoms with E-state index in [2.05, 4.69) is 34.7 Å². The molecule has 0 bridgehead atoms. The van der Waals surface area contributed by atoms with Crippen molar-refractivity contribution in [3.05, 3.63) is 64.1 Å². The Labute approximate surface area is 141 Å². The number of hydrogen-bond acceptors (Lipinski definition) is 3. The average molecular weight is 325 g/mol. The lowest BCUT2D eigenvalue weighted by atomic mass is 9.80. The molecule has 0 aliphatic heterocycles. The van der Waals surface area contributed by atoms with Crippen molar-refractivity contribution >= 4 is 5.91 Å². The molecule has 0 unspecified atom stereocenters. The summed E-state index contributed by atoms with van der Waals surface area (Å²) >= 11 is 0. The summed E-state index contributed by atoms with van der Waals surface area (Å²) in [6.45, 7) is 0. The van der Waals surface area contributed by atoms with Gasteiger partial charge in [-0.3, -0.25) is 9.59 Å². The van der Waals surface area contributed by atoms with Gasteiger partial charge in [-0.05, 0) is 36.8 Å². The molecule has 0 saturated heterocycles. The highest BCUT2D eigenvalue weighted by Crippen LogP contribution is 2.27. The Kier molecular flexibility index (Phi) is 5.08. The largest absolute Gasteiger partial charge is 0.348 e. The zero-order valence-corrected chi connectivity index (χ0v) is 13.9. The zero-order chi connectivity index (χ0) is 16.9. The minimum atomic E-state index is -0.217. The van der Waals surface area contributed by atoms with Crippen LogP contribution in [0.4, 0.5) is 0 Å². The summed E-state index contributed by atoms with van der Waals surface area (Å²) in [6.07, 6.45) is 5.45. The van der Waals surface area contributed by atoms with Crippen LogP contribution in [0.25, 0.3) is 0 Å². The van der Waals surface area contributed by atoms with Gasteiger partial charge in [0.1, 0.15) is 5.69 Å². The summed E-state index contributed by atoms with van der Waals surface area (Å²) in [5.41, 5.74) is 1.39. The average Bonchev–Trinajstić information content (AvgIpc) is 2.60. The third-order valence-corrected chi connectivity index (χ3v) is 4.76. The highest BCUT2D eigenvalue weighted by Gasteiger charge is 2.27. The van der Waals surface area contributed by atoms with Gasteiger partial charge in [-0.25, -0.2) is 4.68 Å². The fourth-order valence-electron chi connectivity index (χ4n) is 3.42. The van der Waals surface area contributed by atoms with Gasteiger partial charge in [0.2, 0.25) is 0 Å². The summed E-state index contributed by atoms with van der Waals surface area (Å²) in [7, 11) is 1.55. The Morgan fingerprint density at radius 3 is 2.67 bits per heavy atom. The van der Waals surface area contributed by atoms with Crippen molar-refractivity contribution in [1.29, 1.82) is 0 Å². The first-order valence-corrected chi connectivity index (χ1v) is 8.52. The predicted octanol–water partition coefficient (Wildman–Crippen LogP) is 2.31. The lowest BCUT2D eigenvalue weighted by Gasteiger charge is -2.32. The Hall–Kier alpha value is -2.43. The van der Waals surface area contributed by atoms with Gasteiger partial charge < -0.3 is 5.32 Å². The first kappa shape index (κ1) is 16.4. The van der Waals surface area contributed by atoms with Crippen LogP contribution in [0.3, 0.4) is 0 Å². The molecular formula is C19H23N3O2. The van der Waals surface area contributed by atoms with E-state index in [1.54, 1.807) is 7.05 Å². The monoisotopic (exact) mass is 325 g/mol. The van der Waals surface area contributed by atoms with E-state index in [0.29, 0.717) is 11.6 Å². The molecule has 24 heavy (non-hydrogen) atoms. The van der Waals surface area contributed by atoms with Crippen LogP contribution < -0.4 is 10.9 Å². The smallest absolute Gasteiger partial charge is 0.271 e. The standard InChI is InChI=1S/C19H23N3O2/c1-22-18(23)12-11-17(21-22)19(24)20-16-10-6-5-9-15(16)13-14-7-3-2-4-8-14/h2-4,7-8,11-12,15-16H,5-6,9-10,13H2,1H3,(H,20,24)/t15-,16+/m1/s1. The van der Waals surface area contributed by atoms with Gasteiger partial charge in [-0.2, -0.15) is 5.10 Å². The van der Waals surface area contributed by atoms with Crippen LogP contribution in [0.1, 0.15) is 41.7 Å². The number of nitrogens with zero attached hydrogens (tertiary/aromatic N) is 2. The number of amides is 1. The van der Waals surface area contributed by atoms with Crippen LogP contribution in [0, 0.1) is 5.92 Å². The summed E-state index contributed by atoms with van der Waals surface area (Å²) in [5.74, 6) is 0.244. The molecule has 1 heterocycles. The molecule has 2 aromatic rings. The molecule has 1 aromatic heterocycles. The molecule has 5 nitrogen and oxygen atoms in total. The van der Waals surface area contributed by atoms with E-state index in [4.69, 9.17) is 0 Å². The van der Waals surface area contributed by atoms with Gasteiger partial charge in [0, 0.05) is 19.2 Å². The van der Waals surface area contributed by atoms with Crippen molar-refractivity contribution in [2.75, 3.05) is 0 Å². The van der Waals surface area contributed by atoms with Crippen LogP contribution in [-0.4, -0.2) is 21.7 Å². The Morgan fingerprint density at radius 2 is 1.92 bits per heavy atom. The summed E-state index contributed by atoms with van der Waals surface area (Å²) in [4.78, 5) is 23.9. The maximum Gasteiger partial charge on any atom is 0.271 e. The third-order valence-electron chi connectivity index (χ3n) is 4.76. The normalized spacial score (nSPS) is 20.5. The summed E-state index contributed by atoms with van der Waals surface area (Å²) in [6, 6.07) is 13.4. The van der Waals surface area contributed by atoms with E-state index in [1.165, 1.54) is 28.8 Å². The lowest BCUT2D eigenvalue weighted by molar-refractivity contribution is 0.0898. The molecule has 1 amide bonds. The maximum absolute atomic E-state index is 12.5. The topological polar surface area (TPSA) is 64.0 Å². The van der Waals surface area contributed by atoms with E-state index >= 15 is 0 Å². The minimum absolute atomic E-state index is 0.158. The van der Waals surface area contributed by atoms with Crippen LogP contribution in [0.5, 0.6) is 0 Å². The number of rotatable bonds is 4. The highest BCUT2D eigenvalue weighted by molar-refractivity contribution is 5.92. The SMILES string of the molecule is Cn1nc(C(=O)N[C@H]2CCCC[C@@H]2Cc2ccccc2)ccc1=O. The maximum atomic E-state index is 12.5. The number of aryl methyl sites for hydroxylation is 1. The second-order valence-electron chi connectivity index (χ2n) is 6.49. The van der Waals surface area contributed by atoms with Crippen LogP contribution in [0.15, 0.2) is 47.3 Å². The zero-order valence-electron chi connectivity index (χ0n) is 13.9. The number of benzene rings is 1. The molecule has 1 aliphatic carbocycles. The first-order valence-electron chi connectivity index (χ1n) is 8.52. The van der Waals surface area contributed by atoms with E-state index in [1.807, 2.05) is 6.07 Å². The molecule has 1 aromatic carbocycles. The number of carbonyl (C=O) groups is 1. The number of nitrogens with one attached hydrogen (secondary N) is 1. The van der Waals surface area contributed by atoms with Crippen molar-refractivity contribution in [2.45, 2.75) is 38.1 Å². The van der Waals surface area contributed by atoms with E-state index in [-0.39, 0.29) is 17.5 Å². The number of carbonyl (C=O) groups excluding carboxylic acids is 1. The van der Waals surface area contributed by atoms with Gasteiger partial charge in [-0.1, -0.05) is 43.2 Å². The molecule has 3 rings (SSSR count). The minimum Gasteiger partial charge on any atom is -0.348 e. The summed E-state index contributed by atoms with van der Waals surface area (Å²) in [5, 5.41) is 7.17. The number of aromatic nitrogens is 2. The van der Waals surface area contributed by atoms with Gasteiger partial charge in [0.25, 0.3) is 11.5 Å². The van der Waals surface area contributed by atoms with Crippen molar-refractivity contribution in [3.8, 4) is 0 Å². The van der Waals surface area contributed by atoms with Gasteiger partial charge >= 0.3 is 0 Å². The molecule has 1 fully saturated rings. The molecule has 0 radical (unpaired) electrons. The second-order valence-corrected chi connectivity index (χ2v) is 6.49. The van der Waals surface area contributed by atoms with Crippen LogP contribution in [0.2, 0.25) is 0 Å². The van der Waals surface area contributed by atoms with Gasteiger partial charge in [0.05, 0.1) is 0 Å². The molecule has 1 N–H and O–H groups in total. The molecule has 1 saturated carbocycles. The Bertz CT molecular complexity index is 755. The van der Waals surface area contributed by atoms with Crippen molar-refractivity contribution in [2.24, 2.45) is 13.0 Å². The van der Waals surface area contributed by atoms with Crippen molar-refractivity contribution in [1.82, 2.24) is 15.1 Å². The molecule has 126 valence electrons.